The Balaban J connectivity index is 1.72. The molecule has 2 unspecified atom stereocenters. The van der Waals surface area contributed by atoms with Crippen molar-refractivity contribution in [2.45, 2.75) is 50.8 Å². The van der Waals surface area contributed by atoms with Crippen LogP contribution in [-0.2, 0) is 20.4 Å². The average Bonchev–Trinajstić information content (AvgIpc) is 2.49. The molecule has 1 amide bonds. The van der Waals surface area contributed by atoms with E-state index in [0.29, 0.717) is 17.5 Å². The van der Waals surface area contributed by atoms with E-state index >= 15 is 0 Å². The quantitative estimate of drug-likeness (QED) is 0.859. The summed E-state index contributed by atoms with van der Waals surface area (Å²) >= 11 is 0. The van der Waals surface area contributed by atoms with Crippen LogP contribution in [0.4, 0.5) is 5.69 Å². The van der Waals surface area contributed by atoms with Gasteiger partial charge in [-0.1, -0.05) is 18.6 Å². The van der Waals surface area contributed by atoms with Gasteiger partial charge in [0.05, 0.1) is 5.75 Å². The Morgan fingerprint density at radius 1 is 1.24 bits per heavy atom. The van der Waals surface area contributed by atoms with E-state index in [1.165, 1.54) is 12.7 Å². The summed E-state index contributed by atoms with van der Waals surface area (Å²) in [6, 6.07) is 5.69. The number of carbonyl (C=O) groups is 1. The first-order chi connectivity index (χ1) is 11.7. The first kappa shape index (κ1) is 18.4. The topological polar surface area (TPSA) is 89.3 Å². The highest BCUT2D eigenvalue weighted by Gasteiger charge is 2.40. The van der Waals surface area contributed by atoms with Crippen LogP contribution in [0, 0.1) is 24.7 Å². The van der Waals surface area contributed by atoms with Crippen LogP contribution < -0.4 is 11.1 Å². The number of benzene rings is 1. The largest absolute Gasteiger partial charge is 0.327 e. The Bertz CT molecular complexity index is 746. The highest BCUT2D eigenvalue weighted by molar-refractivity contribution is 7.89. The Kier molecular flexibility index (Phi) is 5.21. The Labute approximate surface area is 150 Å². The third-order valence-electron chi connectivity index (χ3n) is 5.91. The van der Waals surface area contributed by atoms with Crippen LogP contribution in [0.5, 0.6) is 0 Å². The molecule has 1 aromatic carbocycles. The number of carbonyl (C=O) groups excluding carboxylic acids is 1. The van der Waals surface area contributed by atoms with E-state index in [0.717, 1.165) is 36.8 Å². The maximum atomic E-state index is 12.8. The summed E-state index contributed by atoms with van der Waals surface area (Å²) in [6.07, 6.45) is 6.44. The van der Waals surface area contributed by atoms with E-state index in [2.05, 4.69) is 5.32 Å². The second kappa shape index (κ2) is 7.08. The van der Waals surface area contributed by atoms with Gasteiger partial charge in [-0.3, -0.25) is 4.79 Å². The molecule has 2 atom stereocenters. The summed E-state index contributed by atoms with van der Waals surface area (Å²) in [5.74, 6) is 0.962. The fourth-order valence-corrected chi connectivity index (χ4v) is 5.37. The van der Waals surface area contributed by atoms with Gasteiger partial charge in [-0.15, -0.1) is 0 Å². The molecule has 5 nitrogen and oxygen atoms in total. The molecule has 2 saturated carbocycles. The molecule has 2 fully saturated rings. The number of hydrogen-bond donors (Lipinski definition) is 2. The molecule has 3 rings (SSSR count). The molecule has 138 valence electrons. The maximum absolute atomic E-state index is 12.8. The monoisotopic (exact) mass is 364 g/mol. The number of rotatable bonds is 4. The summed E-state index contributed by atoms with van der Waals surface area (Å²) in [5, 5.41) is 3.04. The lowest BCUT2D eigenvalue weighted by atomic mass is 9.65. The van der Waals surface area contributed by atoms with Gasteiger partial charge in [-0.05, 0) is 61.6 Å². The van der Waals surface area contributed by atoms with Gasteiger partial charge in [0, 0.05) is 23.9 Å². The number of amides is 1. The smallest absolute Gasteiger partial charge is 0.227 e. The van der Waals surface area contributed by atoms with Crippen molar-refractivity contribution in [1.29, 1.82) is 0 Å². The van der Waals surface area contributed by atoms with Crippen LogP contribution in [0.15, 0.2) is 18.2 Å². The zero-order chi connectivity index (χ0) is 18.2. The summed E-state index contributed by atoms with van der Waals surface area (Å²) in [7, 11) is -3.11. The highest BCUT2D eigenvalue weighted by Crippen LogP contribution is 2.42. The summed E-state index contributed by atoms with van der Waals surface area (Å²) < 4.78 is 23.2. The Morgan fingerprint density at radius 2 is 1.88 bits per heavy atom. The van der Waals surface area contributed by atoms with Crippen LogP contribution in [-0.4, -0.2) is 26.6 Å². The van der Waals surface area contributed by atoms with E-state index in [1.54, 1.807) is 12.1 Å². The molecule has 3 N–H and O–H groups in total. The minimum atomic E-state index is -3.11. The third kappa shape index (κ3) is 4.23. The predicted octanol–water partition coefficient (Wildman–Crippen LogP) is 2.63. The fraction of sp³-hybridized carbons (Fsp3) is 0.632. The van der Waals surface area contributed by atoms with Gasteiger partial charge >= 0.3 is 0 Å². The van der Waals surface area contributed by atoms with Crippen molar-refractivity contribution in [2.24, 2.45) is 23.5 Å². The molecule has 0 radical (unpaired) electrons. The van der Waals surface area contributed by atoms with Gasteiger partial charge in [0.15, 0.2) is 9.84 Å². The van der Waals surface area contributed by atoms with E-state index in [4.69, 9.17) is 5.73 Å². The van der Waals surface area contributed by atoms with Gasteiger partial charge in [0.1, 0.15) is 0 Å². The number of hydrogen-bond acceptors (Lipinski definition) is 4. The second-order valence-electron chi connectivity index (χ2n) is 7.85. The van der Waals surface area contributed by atoms with Gasteiger partial charge < -0.3 is 11.1 Å². The van der Waals surface area contributed by atoms with E-state index in [1.807, 2.05) is 13.0 Å². The third-order valence-corrected chi connectivity index (χ3v) is 6.74. The first-order valence-corrected chi connectivity index (χ1v) is 11.1. The van der Waals surface area contributed by atoms with Gasteiger partial charge in [-0.2, -0.15) is 0 Å². The zero-order valence-electron chi connectivity index (χ0n) is 15.0. The number of fused-ring (bicyclic) bond motifs is 2. The molecule has 0 heterocycles. The molecule has 0 saturated heterocycles. The first-order valence-electron chi connectivity index (χ1n) is 9.07. The van der Waals surface area contributed by atoms with Crippen LogP contribution >= 0.6 is 0 Å². The van der Waals surface area contributed by atoms with Crippen LogP contribution in [0.3, 0.4) is 0 Å². The van der Waals surface area contributed by atoms with Crippen molar-refractivity contribution in [3.05, 3.63) is 29.3 Å². The summed E-state index contributed by atoms with van der Waals surface area (Å²) in [6.45, 7) is 1.86. The molecule has 0 spiro atoms. The van der Waals surface area contributed by atoms with Crippen molar-refractivity contribution < 1.29 is 13.2 Å². The molecule has 2 aliphatic rings. The number of nitrogens with one attached hydrogen (secondary N) is 1. The number of nitrogens with two attached hydrogens (primary N) is 1. The van der Waals surface area contributed by atoms with Crippen LogP contribution in [0.25, 0.3) is 0 Å². The van der Waals surface area contributed by atoms with Crippen molar-refractivity contribution in [2.75, 3.05) is 11.6 Å². The van der Waals surface area contributed by atoms with Crippen molar-refractivity contribution in [1.82, 2.24) is 0 Å². The van der Waals surface area contributed by atoms with Crippen molar-refractivity contribution in [3.8, 4) is 0 Å². The SMILES string of the molecule is Cc1c(CS(C)(=O)=O)cccc1NC(=O)C1CC2CCCC(C1)C2N. The van der Waals surface area contributed by atoms with Crippen molar-refractivity contribution >= 4 is 21.4 Å². The number of anilines is 1. The van der Waals surface area contributed by atoms with Gasteiger partial charge in [0.2, 0.25) is 5.91 Å². The molecule has 0 aliphatic heterocycles. The van der Waals surface area contributed by atoms with Crippen LogP contribution in [0.1, 0.15) is 43.2 Å². The lowest BCUT2D eigenvalue weighted by Gasteiger charge is -2.43. The summed E-state index contributed by atoms with van der Waals surface area (Å²) in [5.41, 5.74) is 8.59. The molecule has 2 aliphatic carbocycles. The van der Waals surface area contributed by atoms with Gasteiger partial charge in [0.25, 0.3) is 0 Å². The fourth-order valence-electron chi connectivity index (χ4n) is 4.50. The summed E-state index contributed by atoms with van der Waals surface area (Å²) in [4.78, 5) is 12.8. The zero-order valence-corrected chi connectivity index (χ0v) is 15.8. The lowest BCUT2D eigenvalue weighted by Crippen LogP contribution is -2.48. The molecular formula is C19H28N2O3S. The molecule has 1 aromatic rings. The standard InChI is InChI=1S/C19H28N2O3S/c1-12-15(11-25(2,23)24)7-4-8-17(12)21-19(22)16-9-13-5-3-6-14(10-16)18(13)20/h4,7-8,13-14,16,18H,3,5-6,9-11,20H2,1-2H3,(H,21,22). The average molecular weight is 365 g/mol. The molecule has 0 aromatic heterocycles. The van der Waals surface area contributed by atoms with E-state index < -0.39 is 9.84 Å². The molecule has 25 heavy (non-hydrogen) atoms. The Hall–Kier alpha value is -1.40. The highest BCUT2D eigenvalue weighted by atomic mass is 32.2. The second-order valence-corrected chi connectivity index (χ2v) is 9.99. The normalized spacial score (nSPS) is 29.2. The molecule has 2 bridgehead atoms. The predicted molar refractivity (Wildman–Crippen MR) is 99.9 cm³/mol. The maximum Gasteiger partial charge on any atom is 0.227 e. The minimum Gasteiger partial charge on any atom is -0.327 e. The van der Waals surface area contributed by atoms with Crippen molar-refractivity contribution in [3.63, 3.8) is 0 Å². The number of sulfone groups is 1. The minimum absolute atomic E-state index is 0.00747. The van der Waals surface area contributed by atoms with E-state index in [-0.39, 0.29) is 23.6 Å². The Morgan fingerprint density at radius 3 is 2.48 bits per heavy atom. The molecule has 6 heteroatoms. The molecular weight excluding hydrogens is 336 g/mol. The lowest BCUT2D eigenvalue weighted by molar-refractivity contribution is -0.122. The van der Waals surface area contributed by atoms with Gasteiger partial charge in [-0.25, -0.2) is 8.42 Å². The van der Waals surface area contributed by atoms with E-state index in [9.17, 15) is 13.2 Å². The van der Waals surface area contributed by atoms with Crippen LogP contribution in [0.2, 0.25) is 0 Å².